The summed E-state index contributed by atoms with van der Waals surface area (Å²) >= 11 is 1.55. The van der Waals surface area contributed by atoms with Crippen molar-refractivity contribution < 1.29 is 4.79 Å². The van der Waals surface area contributed by atoms with Gasteiger partial charge in [0, 0.05) is 11.8 Å². The van der Waals surface area contributed by atoms with Gasteiger partial charge in [-0.15, -0.1) is 16.4 Å². The number of tetrazole rings is 1. The lowest BCUT2D eigenvalue weighted by Crippen LogP contribution is -2.07. The molecule has 25 heavy (non-hydrogen) atoms. The van der Waals surface area contributed by atoms with Gasteiger partial charge < -0.3 is 5.32 Å². The van der Waals surface area contributed by atoms with E-state index in [1.165, 1.54) is 12.4 Å². The van der Waals surface area contributed by atoms with Gasteiger partial charge in [-0.1, -0.05) is 12.1 Å². The summed E-state index contributed by atoms with van der Waals surface area (Å²) in [6.45, 7) is 0. The largest absolute Gasteiger partial charge is 0.323 e. The van der Waals surface area contributed by atoms with E-state index in [-0.39, 0.29) is 5.91 Å². The van der Waals surface area contributed by atoms with Crippen LogP contribution in [0.1, 0.15) is 5.01 Å². The molecule has 122 valence electrons. The first-order chi connectivity index (χ1) is 12.3. The lowest BCUT2D eigenvalue weighted by Gasteiger charge is -2.03. The van der Waals surface area contributed by atoms with Crippen LogP contribution in [-0.4, -0.2) is 31.1 Å². The van der Waals surface area contributed by atoms with Crippen molar-refractivity contribution >= 4 is 39.2 Å². The van der Waals surface area contributed by atoms with Crippen molar-refractivity contribution in [1.82, 2.24) is 25.2 Å². The molecule has 7 nitrogen and oxygen atoms in total. The maximum atomic E-state index is 12.1. The van der Waals surface area contributed by atoms with Crippen LogP contribution >= 0.6 is 11.3 Å². The molecule has 0 aliphatic carbocycles. The number of carbonyl (C=O) groups is 1. The number of hydrogen-bond donors (Lipinski definition) is 1. The molecule has 0 saturated carbocycles. The Bertz CT molecular complexity index is 1000. The van der Waals surface area contributed by atoms with E-state index >= 15 is 0 Å². The monoisotopic (exact) mass is 348 g/mol. The maximum Gasteiger partial charge on any atom is 0.248 e. The molecule has 2 heterocycles. The van der Waals surface area contributed by atoms with E-state index in [4.69, 9.17) is 0 Å². The van der Waals surface area contributed by atoms with Gasteiger partial charge in [0.1, 0.15) is 11.3 Å². The summed E-state index contributed by atoms with van der Waals surface area (Å²) in [4.78, 5) is 16.5. The van der Waals surface area contributed by atoms with E-state index in [1.54, 1.807) is 34.2 Å². The average Bonchev–Trinajstić information content (AvgIpc) is 3.30. The number of hydrogen-bond acceptors (Lipinski definition) is 6. The van der Waals surface area contributed by atoms with Crippen molar-refractivity contribution in [2.45, 2.75) is 0 Å². The molecule has 0 radical (unpaired) electrons. The maximum absolute atomic E-state index is 12.1. The van der Waals surface area contributed by atoms with Crippen LogP contribution < -0.4 is 5.32 Å². The molecule has 8 heteroatoms. The Kier molecular flexibility index (Phi) is 4.01. The summed E-state index contributed by atoms with van der Waals surface area (Å²) in [6.07, 6.45) is 4.71. The highest BCUT2D eigenvalue weighted by molar-refractivity contribution is 7.19. The molecule has 2 aromatic carbocycles. The topological polar surface area (TPSA) is 85.6 Å². The molecule has 1 amide bonds. The van der Waals surface area contributed by atoms with Gasteiger partial charge in [-0.05, 0) is 52.9 Å². The van der Waals surface area contributed by atoms with E-state index in [0.29, 0.717) is 5.69 Å². The van der Waals surface area contributed by atoms with Crippen LogP contribution in [-0.2, 0) is 4.79 Å². The van der Waals surface area contributed by atoms with Crippen LogP contribution in [0.25, 0.3) is 22.0 Å². The Morgan fingerprint density at radius 1 is 1.12 bits per heavy atom. The molecule has 0 aliphatic rings. The van der Waals surface area contributed by atoms with Crippen molar-refractivity contribution in [3.05, 3.63) is 65.9 Å². The quantitative estimate of drug-likeness (QED) is 0.573. The van der Waals surface area contributed by atoms with Gasteiger partial charge in [-0.3, -0.25) is 4.79 Å². The molecule has 4 aromatic rings. The van der Waals surface area contributed by atoms with Crippen LogP contribution in [0.15, 0.2) is 60.9 Å². The fraction of sp³-hybridized carbons (Fsp3) is 0. The van der Waals surface area contributed by atoms with Crippen molar-refractivity contribution in [3.8, 4) is 5.69 Å². The van der Waals surface area contributed by atoms with E-state index in [1.807, 2.05) is 36.4 Å². The SMILES string of the molecule is O=C(/C=C/c1nc2ccccc2s1)Nc1ccc(-n2cnnn2)cc1. The molecular formula is C17H12N6OS. The lowest BCUT2D eigenvalue weighted by molar-refractivity contribution is -0.111. The number of carbonyl (C=O) groups excluding carboxylic acids is 1. The molecule has 0 fully saturated rings. The standard InChI is InChI=1S/C17H12N6OS/c24-16(9-10-17-20-14-3-1-2-4-15(14)25-17)19-12-5-7-13(8-6-12)23-11-18-21-22-23/h1-11H,(H,19,24)/b10-9+. The molecule has 0 saturated heterocycles. The summed E-state index contributed by atoms with van der Waals surface area (Å²) in [7, 11) is 0. The Morgan fingerprint density at radius 3 is 2.72 bits per heavy atom. The number of nitrogens with one attached hydrogen (secondary N) is 1. The molecular weight excluding hydrogens is 336 g/mol. The Balaban J connectivity index is 1.43. The zero-order chi connectivity index (χ0) is 17.1. The molecule has 4 rings (SSSR count). The van der Waals surface area contributed by atoms with Crippen molar-refractivity contribution in [3.63, 3.8) is 0 Å². The summed E-state index contributed by atoms with van der Waals surface area (Å²) < 4.78 is 2.64. The van der Waals surface area contributed by atoms with Gasteiger partial charge in [0.25, 0.3) is 0 Å². The summed E-state index contributed by atoms with van der Waals surface area (Å²) in [5.74, 6) is -0.213. The Morgan fingerprint density at radius 2 is 1.96 bits per heavy atom. The minimum atomic E-state index is -0.213. The molecule has 0 atom stereocenters. The fourth-order valence-corrected chi connectivity index (χ4v) is 3.14. The first-order valence-electron chi connectivity index (χ1n) is 7.46. The van der Waals surface area contributed by atoms with Crippen molar-refractivity contribution in [2.75, 3.05) is 5.32 Å². The van der Waals surface area contributed by atoms with E-state index in [0.717, 1.165) is 20.9 Å². The van der Waals surface area contributed by atoms with Gasteiger partial charge in [-0.2, -0.15) is 0 Å². The molecule has 2 aromatic heterocycles. The van der Waals surface area contributed by atoms with E-state index in [9.17, 15) is 4.79 Å². The number of para-hydroxylation sites is 1. The first-order valence-corrected chi connectivity index (χ1v) is 8.28. The van der Waals surface area contributed by atoms with Crippen LogP contribution in [0.5, 0.6) is 0 Å². The number of amides is 1. The summed E-state index contributed by atoms with van der Waals surface area (Å²) in [5, 5.41) is 14.6. The van der Waals surface area contributed by atoms with E-state index in [2.05, 4.69) is 25.8 Å². The number of nitrogens with zero attached hydrogens (tertiary/aromatic N) is 5. The number of thiazole rings is 1. The Hall–Kier alpha value is -3.39. The molecule has 0 bridgehead atoms. The highest BCUT2D eigenvalue weighted by atomic mass is 32.1. The Labute approximate surface area is 146 Å². The summed E-state index contributed by atoms with van der Waals surface area (Å²) in [6, 6.07) is 15.1. The second kappa shape index (κ2) is 6.62. The molecule has 0 unspecified atom stereocenters. The van der Waals surface area contributed by atoms with Crippen LogP contribution in [0.2, 0.25) is 0 Å². The van der Waals surface area contributed by atoms with Gasteiger partial charge in [0.05, 0.1) is 15.9 Å². The third-order valence-electron chi connectivity index (χ3n) is 3.44. The highest BCUT2D eigenvalue weighted by Crippen LogP contribution is 2.22. The van der Waals surface area contributed by atoms with Gasteiger partial charge in [0.2, 0.25) is 5.91 Å². The first kappa shape index (κ1) is 15.2. The number of rotatable bonds is 4. The number of aromatic nitrogens is 5. The predicted molar refractivity (Wildman–Crippen MR) is 96.4 cm³/mol. The average molecular weight is 348 g/mol. The van der Waals surface area contributed by atoms with E-state index < -0.39 is 0 Å². The third kappa shape index (κ3) is 3.43. The van der Waals surface area contributed by atoms with Crippen LogP contribution in [0.3, 0.4) is 0 Å². The molecule has 0 spiro atoms. The lowest BCUT2D eigenvalue weighted by atomic mass is 10.3. The second-order valence-electron chi connectivity index (χ2n) is 5.14. The summed E-state index contributed by atoms with van der Waals surface area (Å²) in [5.41, 5.74) is 2.44. The normalized spacial score (nSPS) is 11.2. The van der Waals surface area contributed by atoms with Crippen molar-refractivity contribution in [1.29, 1.82) is 0 Å². The van der Waals surface area contributed by atoms with Gasteiger partial charge >= 0.3 is 0 Å². The van der Waals surface area contributed by atoms with Gasteiger partial charge in [-0.25, -0.2) is 9.67 Å². The smallest absolute Gasteiger partial charge is 0.248 e. The number of anilines is 1. The molecule has 1 N–H and O–H groups in total. The number of benzene rings is 2. The minimum Gasteiger partial charge on any atom is -0.323 e. The highest BCUT2D eigenvalue weighted by Gasteiger charge is 2.03. The number of fused-ring (bicyclic) bond motifs is 1. The minimum absolute atomic E-state index is 0.213. The zero-order valence-electron chi connectivity index (χ0n) is 12.9. The van der Waals surface area contributed by atoms with Crippen LogP contribution in [0.4, 0.5) is 5.69 Å². The zero-order valence-corrected chi connectivity index (χ0v) is 13.7. The molecule has 0 aliphatic heterocycles. The predicted octanol–water partition coefficient (Wildman–Crippen LogP) is 2.92. The van der Waals surface area contributed by atoms with Crippen LogP contribution in [0, 0.1) is 0 Å². The fourth-order valence-electron chi connectivity index (χ4n) is 2.27. The van der Waals surface area contributed by atoms with Gasteiger partial charge in [0.15, 0.2) is 0 Å². The third-order valence-corrected chi connectivity index (χ3v) is 4.44. The second-order valence-corrected chi connectivity index (χ2v) is 6.21. The van der Waals surface area contributed by atoms with Crippen molar-refractivity contribution in [2.24, 2.45) is 0 Å².